The fourth-order valence-corrected chi connectivity index (χ4v) is 8.17. The molecular weight excluding hydrogens is 766 g/mol. The van der Waals surface area contributed by atoms with E-state index >= 15 is 0 Å². The van der Waals surface area contributed by atoms with Crippen LogP contribution in [-0.2, 0) is 38.0 Å². The summed E-state index contributed by atoms with van der Waals surface area (Å²) in [6.07, 6.45) is 1.79. The number of carbonyl (C=O) groups excluding carboxylic acids is 2. The van der Waals surface area contributed by atoms with Crippen LogP contribution in [0, 0.1) is 29.6 Å². The molecule has 15 heteroatoms. The van der Waals surface area contributed by atoms with Crippen LogP contribution < -0.4 is 5.73 Å². The van der Waals surface area contributed by atoms with Crippen LogP contribution in [0.5, 0.6) is 0 Å². The van der Waals surface area contributed by atoms with Gasteiger partial charge in [-0.1, -0.05) is 82.2 Å². The van der Waals surface area contributed by atoms with E-state index in [2.05, 4.69) is 0 Å². The minimum Gasteiger partial charge on any atom is -0.490 e. The highest BCUT2D eigenvalue weighted by molar-refractivity contribution is 5.87. The number of allylic oxidation sites excluding steroid dienone is 6. The minimum atomic E-state index is -1.97. The lowest BCUT2D eigenvalue weighted by atomic mass is 9.77. The van der Waals surface area contributed by atoms with Gasteiger partial charge in [-0.25, -0.2) is 9.59 Å². The van der Waals surface area contributed by atoms with Gasteiger partial charge in [-0.3, -0.25) is 0 Å². The summed E-state index contributed by atoms with van der Waals surface area (Å²) in [5.41, 5.74) is 6.77. The smallest absolute Gasteiger partial charge is 0.404 e. The molecule has 0 aromatic heterocycles. The summed E-state index contributed by atoms with van der Waals surface area (Å²) in [4.78, 5) is 25.2. The van der Waals surface area contributed by atoms with E-state index in [1.54, 1.807) is 58.1 Å². The lowest BCUT2D eigenvalue weighted by Crippen LogP contribution is -2.59. The average Bonchev–Trinajstić information content (AvgIpc) is 3.16. The maximum atomic E-state index is 13.8. The van der Waals surface area contributed by atoms with E-state index in [0.717, 1.165) is 5.57 Å². The molecule has 0 spiro atoms. The third-order valence-corrected chi connectivity index (χ3v) is 12.0. The van der Waals surface area contributed by atoms with E-state index in [9.17, 15) is 35.1 Å². The SMILES string of the molecule is CC=CC1OC(O)(C(C)C(O)C(C)C2OC(=O)C(OC)=CC(C)=CC(C)C(O)CC(O)C(C)CC(C)=CC=CC2OC)CC(OC2CC(O)C(OC(N)=O)C(C)O2)C1C. The number of carbonyl (C=O) groups is 2. The van der Waals surface area contributed by atoms with Crippen LogP contribution in [0.3, 0.4) is 0 Å². The van der Waals surface area contributed by atoms with Gasteiger partial charge in [0.15, 0.2) is 18.2 Å². The van der Waals surface area contributed by atoms with E-state index in [1.807, 2.05) is 40.7 Å². The van der Waals surface area contributed by atoms with Crippen molar-refractivity contribution in [3.05, 3.63) is 59.4 Å². The van der Waals surface area contributed by atoms with E-state index in [4.69, 9.17) is 38.9 Å². The highest BCUT2D eigenvalue weighted by Crippen LogP contribution is 2.42. The minimum absolute atomic E-state index is 0.0306. The monoisotopic (exact) mass is 837 g/mol. The van der Waals surface area contributed by atoms with Crippen LogP contribution in [-0.4, -0.2) is 125 Å². The number of hydrogen-bond donors (Lipinski definition) is 6. The summed E-state index contributed by atoms with van der Waals surface area (Å²) in [5.74, 6) is -5.57. The number of primary amides is 1. The zero-order valence-electron chi connectivity index (χ0n) is 36.6. The molecule has 3 heterocycles. The molecule has 0 radical (unpaired) electrons. The van der Waals surface area contributed by atoms with Gasteiger partial charge in [0.25, 0.3) is 0 Å². The normalized spacial score (nSPS) is 38.7. The molecule has 0 aromatic rings. The predicted molar refractivity (Wildman–Crippen MR) is 219 cm³/mol. The van der Waals surface area contributed by atoms with Gasteiger partial charge >= 0.3 is 12.1 Å². The first-order valence-electron chi connectivity index (χ1n) is 20.7. The largest absolute Gasteiger partial charge is 0.490 e. The lowest BCUT2D eigenvalue weighted by molar-refractivity contribution is -0.338. The number of ether oxygens (including phenoxy) is 7. The summed E-state index contributed by atoms with van der Waals surface area (Å²) in [6, 6.07) is 0. The second-order valence-electron chi connectivity index (χ2n) is 16.8. The fraction of sp³-hybridized carbons (Fsp3) is 0.727. The third kappa shape index (κ3) is 13.7. The third-order valence-electron chi connectivity index (χ3n) is 12.0. The second-order valence-corrected chi connectivity index (χ2v) is 16.8. The molecule has 3 rings (SSSR count). The van der Waals surface area contributed by atoms with Crippen molar-refractivity contribution in [1.82, 2.24) is 0 Å². The molecule has 17 atom stereocenters. The first-order chi connectivity index (χ1) is 27.7. The average molecular weight is 838 g/mol. The Morgan fingerprint density at radius 3 is 2.32 bits per heavy atom. The van der Waals surface area contributed by atoms with Crippen LogP contribution in [0.2, 0.25) is 0 Å². The zero-order valence-corrected chi connectivity index (χ0v) is 36.6. The van der Waals surface area contributed by atoms with E-state index < -0.39 is 97.0 Å². The van der Waals surface area contributed by atoms with Crippen molar-refractivity contribution >= 4 is 12.1 Å². The van der Waals surface area contributed by atoms with Crippen LogP contribution in [0.25, 0.3) is 0 Å². The molecule has 336 valence electrons. The summed E-state index contributed by atoms with van der Waals surface area (Å²) in [7, 11) is 2.80. The first kappa shape index (κ1) is 50.2. The number of aliphatic hydroxyl groups is 5. The van der Waals surface area contributed by atoms with Gasteiger partial charge in [0.1, 0.15) is 12.2 Å². The molecule has 2 fully saturated rings. The highest BCUT2D eigenvalue weighted by atomic mass is 16.7. The Kier molecular flexibility index (Phi) is 19.3. The second kappa shape index (κ2) is 22.6. The number of amides is 1. The number of cyclic esters (lactones) is 1. The molecule has 3 aliphatic rings. The maximum absolute atomic E-state index is 13.8. The maximum Gasteiger partial charge on any atom is 0.404 e. The van der Waals surface area contributed by atoms with Crippen LogP contribution in [0.15, 0.2) is 59.4 Å². The van der Waals surface area contributed by atoms with Crippen molar-refractivity contribution in [3.8, 4) is 0 Å². The quantitative estimate of drug-likeness (QED) is 0.133. The number of esters is 1. The Balaban J connectivity index is 1.98. The number of nitrogens with two attached hydrogens (primary N) is 1. The Bertz CT molecular complexity index is 1520. The van der Waals surface area contributed by atoms with Crippen molar-refractivity contribution in [1.29, 1.82) is 0 Å². The molecule has 3 aliphatic heterocycles. The summed E-state index contributed by atoms with van der Waals surface area (Å²) in [6.45, 7) is 16.1. The molecule has 15 nitrogen and oxygen atoms in total. The van der Waals surface area contributed by atoms with Gasteiger partial charge < -0.3 is 64.4 Å². The predicted octanol–water partition coefficient (Wildman–Crippen LogP) is 4.35. The van der Waals surface area contributed by atoms with Crippen molar-refractivity contribution in [2.24, 2.45) is 35.3 Å². The van der Waals surface area contributed by atoms with E-state index in [-0.39, 0.29) is 42.8 Å². The summed E-state index contributed by atoms with van der Waals surface area (Å²) in [5, 5.41) is 57.0. The number of aliphatic hydroxyl groups excluding tert-OH is 4. The molecule has 1 amide bonds. The van der Waals surface area contributed by atoms with Crippen molar-refractivity contribution in [2.75, 3.05) is 14.2 Å². The lowest BCUT2D eigenvalue weighted by Gasteiger charge is -2.49. The standard InChI is InChI=1S/C44H71NO14/c1-12-14-34-27(6)37(56-38-21-33(48)41(30(9)55-38)58-43(45)51)22-44(52,59-34)29(8)39(49)28(7)40-35(53-10)16-13-15-23(2)17-25(4)31(46)20-32(47)26(5)18-24(3)19-36(54-11)42(50)57-40/h12-16,18-19,25-35,37-41,46-49,52H,17,20-22H2,1-11H3,(H2,45,51). The molecule has 0 aromatic carbocycles. The highest BCUT2D eigenvalue weighted by Gasteiger charge is 2.52. The summed E-state index contributed by atoms with van der Waals surface area (Å²) < 4.78 is 41.2. The number of hydrogen-bond acceptors (Lipinski definition) is 14. The molecular formula is C44H71NO14. The van der Waals surface area contributed by atoms with Crippen LogP contribution in [0.1, 0.15) is 88.0 Å². The molecule has 7 N–H and O–H groups in total. The van der Waals surface area contributed by atoms with Crippen LogP contribution in [0.4, 0.5) is 4.79 Å². The van der Waals surface area contributed by atoms with Gasteiger partial charge in [0.2, 0.25) is 5.76 Å². The van der Waals surface area contributed by atoms with Crippen molar-refractivity contribution in [2.45, 2.75) is 161 Å². The topological polar surface area (TPSA) is 226 Å². The molecule has 0 bridgehead atoms. The first-order valence-corrected chi connectivity index (χ1v) is 20.7. The Hall–Kier alpha value is -3.12. The van der Waals surface area contributed by atoms with E-state index in [0.29, 0.717) is 12.0 Å². The van der Waals surface area contributed by atoms with Crippen molar-refractivity contribution in [3.63, 3.8) is 0 Å². The molecule has 2 saturated heterocycles. The number of rotatable bonds is 10. The Morgan fingerprint density at radius 1 is 1.05 bits per heavy atom. The van der Waals surface area contributed by atoms with Gasteiger partial charge in [0, 0.05) is 50.0 Å². The van der Waals surface area contributed by atoms with E-state index in [1.165, 1.54) is 20.3 Å². The molecule has 0 saturated carbocycles. The van der Waals surface area contributed by atoms with Crippen LogP contribution >= 0.6 is 0 Å². The molecule has 59 heavy (non-hydrogen) atoms. The Labute approximate surface area is 349 Å². The number of methoxy groups -OCH3 is 2. The summed E-state index contributed by atoms with van der Waals surface area (Å²) >= 11 is 0. The van der Waals surface area contributed by atoms with Crippen molar-refractivity contribution < 1.29 is 68.3 Å². The van der Waals surface area contributed by atoms with Gasteiger partial charge in [-0.05, 0) is 46.1 Å². The zero-order chi connectivity index (χ0) is 44.4. The van der Waals surface area contributed by atoms with Gasteiger partial charge in [-0.15, -0.1) is 0 Å². The van der Waals surface area contributed by atoms with Gasteiger partial charge in [-0.2, -0.15) is 0 Å². The molecule has 17 unspecified atom stereocenters. The Morgan fingerprint density at radius 2 is 1.73 bits per heavy atom. The fourth-order valence-electron chi connectivity index (χ4n) is 8.17. The van der Waals surface area contributed by atoms with Gasteiger partial charge in [0.05, 0.1) is 49.8 Å². The molecule has 0 aliphatic carbocycles.